The van der Waals surface area contributed by atoms with E-state index >= 15 is 0 Å². The van der Waals surface area contributed by atoms with Crippen molar-refractivity contribution in [2.45, 2.75) is 95.0 Å². The number of pyridine rings is 1. The van der Waals surface area contributed by atoms with Crippen LogP contribution in [0.5, 0.6) is 11.5 Å². The summed E-state index contributed by atoms with van der Waals surface area (Å²) in [4.78, 5) is 61.9. The van der Waals surface area contributed by atoms with E-state index in [-0.39, 0.29) is 55.3 Å². The van der Waals surface area contributed by atoms with Crippen molar-refractivity contribution in [2.24, 2.45) is 0 Å². The first-order chi connectivity index (χ1) is 28.4. The summed E-state index contributed by atoms with van der Waals surface area (Å²) in [5, 5.41) is 6.56. The molecule has 7 rings (SSSR count). The number of hydrogen-bond donors (Lipinski definition) is 2. The van der Waals surface area contributed by atoms with Gasteiger partial charge in [0.25, 0.3) is 12.3 Å². The molecule has 0 saturated carbocycles. The zero-order valence-corrected chi connectivity index (χ0v) is 34.8. The lowest BCUT2D eigenvalue weighted by Crippen LogP contribution is -2.58. The van der Waals surface area contributed by atoms with Crippen molar-refractivity contribution < 1.29 is 46.5 Å². The maximum atomic E-state index is 14.3. The summed E-state index contributed by atoms with van der Waals surface area (Å²) in [5.41, 5.74) is 0.599. The quantitative estimate of drug-likeness (QED) is 0.0926. The minimum absolute atomic E-state index is 0.0550. The number of amides is 3. The smallest absolute Gasteiger partial charge is 0.323 e. The first-order valence-corrected chi connectivity index (χ1v) is 22.5. The van der Waals surface area contributed by atoms with E-state index in [1.165, 1.54) is 30.7 Å². The van der Waals surface area contributed by atoms with Crippen LogP contribution in [0.4, 0.5) is 8.78 Å². The molecule has 5 heterocycles. The number of hydrogen-bond acceptors (Lipinski definition) is 10. The lowest BCUT2D eigenvalue weighted by molar-refractivity contribution is -0.148. The number of para-hydroxylation sites is 1. The maximum Gasteiger partial charge on any atom is 0.323 e. The number of nitrogens with zero attached hydrogens (tertiary/aromatic N) is 3. The van der Waals surface area contributed by atoms with Gasteiger partial charge in [0, 0.05) is 41.5 Å². The monoisotopic (exact) mass is 851 g/mol. The number of benzene rings is 2. The van der Waals surface area contributed by atoms with Crippen molar-refractivity contribution in [3.8, 4) is 11.5 Å². The van der Waals surface area contributed by atoms with Crippen LogP contribution >= 0.6 is 18.9 Å². The minimum Gasteiger partial charge on any atom is -0.496 e. The Morgan fingerprint density at radius 3 is 2.54 bits per heavy atom. The normalized spacial score (nSPS) is 21.0. The molecule has 0 radical (unpaired) electrons. The summed E-state index contributed by atoms with van der Waals surface area (Å²) in [5.74, 6) is -1.19. The van der Waals surface area contributed by atoms with Gasteiger partial charge in [0.2, 0.25) is 11.8 Å². The van der Waals surface area contributed by atoms with E-state index in [0.29, 0.717) is 66.0 Å². The summed E-state index contributed by atoms with van der Waals surface area (Å²) in [6, 6.07) is 14.8. The van der Waals surface area contributed by atoms with E-state index in [0.717, 1.165) is 10.1 Å². The number of carbonyl (C=O) groups excluding carboxylic acids is 4. The summed E-state index contributed by atoms with van der Waals surface area (Å²) >= 11 is 1.26. The Labute approximate surface area is 345 Å². The molecule has 13 nitrogen and oxygen atoms in total. The lowest BCUT2D eigenvalue weighted by atomic mass is 9.88. The second kappa shape index (κ2) is 18.1. The van der Waals surface area contributed by atoms with E-state index in [2.05, 4.69) is 15.4 Å². The molecule has 17 heteroatoms. The van der Waals surface area contributed by atoms with Crippen molar-refractivity contribution in [1.82, 2.24) is 25.2 Å². The Bertz CT molecular complexity index is 2240. The Morgan fingerprint density at radius 1 is 1.03 bits per heavy atom. The Kier molecular flexibility index (Phi) is 13.0. The number of halogens is 2. The first-order valence-electron chi connectivity index (χ1n) is 19.9. The molecule has 59 heavy (non-hydrogen) atoms. The van der Waals surface area contributed by atoms with E-state index in [4.69, 9.17) is 14.0 Å². The van der Waals surface area contributed by atoms with Crippen LogP contribution in [0.1, 0.15) is 91.2 Å². The highest BCUT2D eigenvalue weighted by Gasteiger charge is 2.48. The zero-order chi connectivity index (χ0) is 41.8. The van der Waals surface area contributed by atoms with Gasteiger partial charge in [-0.05, 0) is 92.8 Å². The van der Waals surface area contributed by atoms with Crippen molar-refractivity contribution in [3.05, 3.63) is 88.6 Å². The fraction of sp³-hybridized carbons (Fsp3) is 0.452. The maximum absolute atomic E-state index is 14.3. The molecule has 2 N–H and O–H groups in total. The van der Waals surface area contributed by atoms with Crippen molar-refractivity contribution in [1.29, 1.82) is 0 Å². The molecular formula is C42H48F2N5O8PS. The standard InChI is InChI=1S/C42H48F2N5O8PS/c1-4-19-56-42(53)25(2)47-58(54,57-30-10-6-5-7-11-30)24-26-13-16-34-27(20-26)21-35(59-34)39(50)46-31-12-8-9-29-14-15-32(49(29)40(31)51)41(52)48-22-28(23-48)36-33(55-3)17-18-45-37(36)38(43)44/h5-7,10-11,13,16-18,20-21,25,28-29,31-32,38H,4,8-9,12,14-15,19,22-24H2,1-3H3,(H,46,50)(H,47,54)/t25-,29-,31-,32-,58?/m0/s1. The number of ether oxygens (including phenoxy) is 2. The molecule has 2 aromatic carbocycles. The van der Waals surface area contributed by atoms with Crippen molar-refractivity contribution in [2.75, 3.05) is 26.8 Å². The molecular weight excluding hydrogens is 804 g/mol. The first kappa shape index (κ1) is 42.2. The number of likely N-dealkylation sites (tertiary alicyclic amines) is 1. The van der Waals surface area contributed by atoms with Crippen molar-refractivity contribution in [3.63, 3.8) is 0 Å². The predicted octanol–water partition coefficient (Wildman–Crippen LogP) is 7.21. The van der Waals surface area contributed by atoms with Crippen LogP contribution in [0.3, 0.4) is 0 Å². The summed E-state index contributed by atoms with van der Waals surface area (Å²) < 4.78 is 59.4. The van der Waals surface area contributed by atoms with Gasteiger partial charge in [-0.25, -0.2) is 13.9 Å². The molecule has 4 aromatic rings. The molecule has 3 aliphatic heterocycles. The highest BCUT2D eigenvalue weighted by molar-refractivity contribution is 7.56. The second-order valence-corrected chi connectivity index (χ2v) is 18.4. The third-order valence-electron chi connectivity index (χ3n) is 11.1. The summed E-state index contributed by atoms with van der Waals surface area (Å²) in [6.07, 6.45) is 2.03. The molecule has 3 amide bonds. The predicted molar refractivity (Wildman–Crippen MR) is 218 cm³/mol. The van der Waals surface area contributed by atoms with E-state index in [1.807, 2.05) is 25.1 Å². The van der Waals surface area contributed by atoms with Gasteiger partial charge in [0.1, 0.15) is 35.3 Å². The van der Waals surface area contributed by atoms with Crippen molar-refractivity contribution >= 4 is 52.6 Å². The number of rotatable bonds is 15. The van der Waals surface area contributed by atoms with Crippen LogP contribution in [0, 0.1) is 0 Å². The summed E-state index contributed by atoms with van der Waals surface area (Å²) in [6.45, 7) is 4.12. The zero-order valence-electron chi connectivity index (χ0n) is 33.1. The SMILES string of the molecule is CCCOC(=O)[C@H](C)NP(=O)(Cc1ccc2sc(C(=O)N[C@H]3CCC[C@H]4CC[C@@H](C(=O)N5CC(c6c(OC)ccnc6C(F)F)C5)N4C3=O)cc2c1)Oc1ccccc1. The third kappa shape index (κ3) is 9.29. The van der Waals surface area contributed by atoms with Gasteiger partial charge < -0.3 is 29.1 Å². The van der Waals surface area contributed by atoms with E-state index in [9.17, 15) is 32.5 Å². The molecule has 314 valence electrons. The number of aromatic nitrogens is 1. The van der Waals surface area contributed by atoms with Gasteiger partial charge in [-0.2, -0.15) is 0 Å². The molecule has 3 fully saturated rings. The average Bonchev–Trinajstić information content (AvgIpc) is 3.79. The molecule has 0 bridgehead atoms. The van der Waals surface area contributed by atoms with Gasteiger partial charge in [-0.1, -0.05) is 31.2 Å². The summed E-state index contributed by atoms with van der Waals surface area (Å²) in [7, 11) is -2.30. The van der Waals surface area contributed by atoms with Gasteiger partial charge in [0.15, 0.2) is 0 Å². The number of esters is 1. The van der Waals surface area contributed by atoms with E-state index < -0.39 is 43.9 Å². The number of nitrogens with one attached hydrogen (secondary N) is 2. The number of carbonyl (C=O) groups is 4. The van der Waals surface area contributed by atoms with Crippen LogP contribution in [-0.4, -0.2) is 89.4 Å². The van der Waals surface area contributed by atoms with Crippen LogP contribution in [0.25, 0.3) is 10.1 Å². The number of thiophene rings is 1. The van der Waals surface area contributed by atoms with Gasteiger partial charge in [0.05, 0.1) is 24.8 Å². The molecule has 1 unspecified atom stereocenters. The molecule has 0 spiro atoms. The van der Waals surface area contributed by atoms with Gasteiger partial charge in [-0.3, -0.25) is 28.7 Å². The van der Waals surface area contributed by atoms with Crippen LogP contribution in [-0.2, 0) is 29.8 Å². The fourth-order valence-electron chi connectivity index (χ4n) is 8.23. The van der Waals surface area contributed by atoms with Crippen LogP contribution < -0.4 is 19.7 Å². The van der Waals surface area contributed by atoms with E-state index in [1.54, 1.807) is 53.1 Å². The fourth-order valence-corrected chi connectivity index (χ4v) is 11.2. The number of methoxy groups -OCH3 is 1. The molecule has 2 aromatic heterocycles. The minimum atomic E-state index is -3.71. The molecule has 3 saturated heterocycles. The lowest BCUT2D eigenvalue weighted by Gasteiger charge is -2.43. The third-order valence-corrected chi connectivity index (χ3v) is 14.3. The highest BCUT2D eigenvalue weighted by Crippen LogP contribution is 2.48. The Balaban J connectivity index is 1.02. The second-order valence-electron chi connectivity index (χ2n) is 15.2. The Morgan fingerprint density at radius 2 is 1.81 bits per heavy atom. The number of fused-ring (bicyclic) bond motifs is 2. The molecule has 5 atom stereocenters. The molecule has 3 aliphatic rings. The van der Waals surface area contributed by atoms with Gasteiger partial charge >= 0.3 is 13.5 Å². The Hall–Kier alpha value is -4.92. The van der Waals surface area contributed by atoms with Crippen LogP contribution in [0.15, 0.2) is 66.9 Å². The topological polar surface area (TPSA) is 156 Å². The largest absolute Gasteiger partial charge is 0.496 e. The number of alkyl halides is 2. The molecule has 0 aliphatic carbocycles. The highest BCUT2D eigenvalue weighted by atomic mass is 32.1. The average molecular weight is 852 g/mol. The van der Waals surface area contributed by atoms with Gasteiger partial charge in [-0.15, -0.1) is 11.3 Å². The van der Waals surface area contributed by atoms with Crippen LogP contribution in [0.2, 0.25) is 0 Å².